The van der Waals surface area contributed by atoms with E-state index in [2.05, 4.69) is 93.7 Å². The molecule has 0 spiro atoms. The highest BCUT2D eigenvalue weighted by molar-refractivity contribution is 5.71. The summed E-state index contributed by atoms with van der Waals surface area (Å²) in [5, 5.41) is 0. The van der Waals surface area contributed by atoms with Gasteiger partial charge in [-0.1, -0.05) is 286 Å². The Morgan fingerprint density at radius 1 is 0.288 bits per heavy atom. The third kappa shape index (κ3) is 59.6. The second-order valence-electron chi connectivity index (χ2n) is 20.9. The van der Waals surface area contributed by atoms with Crippen LogP contribution in [0.2, 0.25) is 0 Å². The number of hydrogen-bond acceptors (Lipinski definition) is 6. The lowest BCUT2D eigenvalue weighted by molar-refractivity contribution is -0.167. The molecule has 0 aliphatic carbocycles. The Balaban J connectivity index is 4.35. The molecule has 0 fully saturated rings. The molecular weight excluding hydrogens is 901 g/mol. The summed E-state index contributed by atoms with van der Waals surface area (Å²) >= 11 is 0. The Bertz CT molecular complexity index is 1360. The highest BCUT2D eigenvalue weighted by Crippen LogP contribution is 2.17. The predicted molar refractivity (Wildman–Crippen MR) is 316 cm³/mol. The minimum Gasteiger partial charge on any atom is -0.462 e. The van der Waals surface area contributed by atoms with Crippen LogP contribution in [0.3, 0.4) is 0 Å². The minimum atomic E-state index is -0.789. The van der Waals surface area contributed by atoms with Crippen molar-refractivity contribution in [2.45, 2.75) is 322 Å². The Hall–Kier alpha value is -3.15. The van der Waals surface area contributed by atoms with E-state index in [0.29, 0.717) is 19.3 Å². The van der Waals surface area contributed by atoms with Crippen LogP contribution in [0.25, 0.3) is 0 Å². The summed E-state index contributed by atoms with van der Waals surface area (Å²) in [6, 6.07) is 0. The van der Waals surface area contributed by atoms with Gasteiger partial charge in [0.15, 0.2) is 6.10 Å². The van der Waals surface area contributed by atoms with Gasteiger partial charge in [-0.3, -0.25) is 14.4 Å². The monoisotopic (exact) mass is 1020 g/mol. The molecule has 0 heterocycles. The molecule has 0 aliphatic heterocycles. The maximum atomic E-state index is 12.9. The topological polar surface area (TPSA) is 78.9 Å². The van der Waals surface area contributed by atoms with Crippen molar-refractivity contribution in [2.24, 2.45) is 0 Å². The number of hydrogen-bond donors (Lipinski definition) is 0. The molecule has 73 heavy (non-hydrogen) atoms. The van der Waals surface area contributed by atoms with Gasteiger partial charge in [0, 0.05) is 19.3 Å². The Labute approximate surface area is 453 Å². The zero-order chi connectivity index (χ0) is 52.9. The number of allylic oxidation sites excluding steroid dienone is 12. The molecule has 0 saturated heterocycles. The molecule has 0 rings (SSSR count). The Morgan fingerprint density at radius 2 is 0.548 bits per heavy atom. The van der Waals surface area contributed by atoms with Crippen LogP contribution < -0.4 is 0 Å². The third-order valence-corrected chi connectivity index (χ3v) is 13.7. The van der Waals surface area contributed by atoms with Crippen molar-refractivity contribution in [3.05, 3.63) is 72.9 Å². The van der Waals surface area contributed by atoms with E-state index in [0.717, 1.165) is 116 Å². The van der Waals surface area contributed by atoms with Gasteiger partial charge in [-0.05, 0) is 83.5 Å². The van der Waals surface area contributed by atoms with Gasteiger partial charge >= 0.3 is 17.9 Å². The van der Waals surface area contributed by atoms with Crippen LogP contribution in [-0.2, 0) is 28.6 Å². The van der Waals surface area contributed by atoms with Crippen molar-refractivity contribution in [3.63, 3.8) is 0 Å². The molecule has 0 amide bonds. The Morgan fingerprint density at radius 3 is 0.877 bits per heavy atom. The van der Waals surface area contributed by atoms with Gasteiger partial charge in [-0.2, -0.15) is 0 Å². The number of carbonyl (C=O) groups is 3. The first-order chi connectivity index (χ1) is 36.0. The van der Waals surface area contributed by atoms with Gasteiger partial charge in [-0.15, -0.1) is 0 Å². The molecule has 1 unspecified atom stereocenters. The van der Waals surface area contributed by atoms with Crippen LogP contribution in [0.4, 0.5) is 0 Å². The standard InChI is InChI=1S/C67H118O6/c1-4-7-10-13-16-19-22-25-28-30-32-33-34-36-37-39-42-45-48-51-54-57-60-66(69)72-63-64(62-71-65(68)59-56-53-50-47-44-41-27-24-21-18-15-12-9-6-3)73-67(70)61-58-55-52-49-46-43-40-38-35-31-29-26-23-20-17-14-11-8-5-2/h8,11,15,17-18,20,24,26-27,29,35,38,64H,4-7,9-10,12-14,16,19,21-23,25,28,30-34,36-37,39-63H2,1-3H3/b11-8-,18-15-,20-17-,27-24-,29-26-,38-35-. The van der Waals surface area contributed by atoms with Gasteiger partial charge in [0.25, 0.3) is 0 Å². The second kappa shape index (κ2) is 61.4. The first kappa shape index (κ1) is 69.8. The quantitative estimate of drug-likeness (QED) is 0.0261. The van der Waals surface area contributed by atoms with E-state index in [4.69, 9.17) is 14.2 Å². The molecule has 0 radical (unpaired) electrons. The molecule has 0 bridgehead atoms. The van der Waals surface area contributed by atoms with Crippen molar-refractivity contribution in [1.82, 2.24) is 0 Å². The lowest BCUT2D eigenvalue weighted by atomic mass is 10.0. The van der Waals surface area contributed by atoms with E-state index in [-0.39, 0.29) is 31.1 Å². The highest BCUT2D eigenvalue weighted by atomic mass is 16.6. The zero-order valence-electron chi connectivity index (χ0n) is 48.4. The molecule has 0 N–H and O–H groups in total. The fourth-order valence-corrected chi connectivity index (χ4v) is 8.98. The molecule has 0 aromatic rings. The number of unbranched alkanes of at least 4 members (excludes halogenated alkanes) is 34. The summed E-state index contributed by atoms with van der Waals surface area (Å²) in [5.41, 5.74) is 0. The summed E-state index contributed by atoms with van der Waals surface area (Å²) in [6.07, 6.45) is 79.0. The van der Waals surface area contributed by atoms with Crippen molar-refractivity contribution in [1.29, 1.82) is 0 Å². The van der Waals surface area contributed by atoms with Crippen molar-refractivity contribution < 1.29 is 28.6 Å². The summed E-state index contributed by atoms with van der Waals surface area (Å²) in [5.74, 6) is -0.898. The van der Waals surface area contributed by atoms with Crippen molar-refractivity contribution in [3.8, 4) is 0 Å². The average molecular weight is 1020 g/mol. The summed E-state index contributed by atoms with van der Waals surface area (Å²) < 4.78 is 16.9. The van der Waals surface area contributed by atoms with Crippen LogP contribution in [-0.4, -0.2) is 37.2 Å². The predicted octanol–water partition coefficient (Wildman–Crippen LogP) is 21.3. The molecular formula is C67H118O6. The van der Waals surface area contributed by atoms with Crippen LogP contribution in [0.5, 0.6) is 0 Å². The first-order valence-corrected chi connectivity index (χ1v) is 31.4. The van der Waals surface area contributed by atoms with Gasteiger partial charge < -0.3 is 14.2 Å². The lowest BCUT2D eigenvalue weighted by Gasteiger charge is -2.18. The summed E-state index contributed by atoms with van der Waals surface area (Å²) in [4.78, 5) is 38.3. The van der Waals surface area contributed by atoms with E-state index < -0.39 is 6.10 Å². The SMILES string of the molecule is CC/C=C\C/C=C\C/C=C\C/C=C\CCCCCCCCC(=O)OC(COC(=O)CCCCCCC/C=C\C/C=C\CCCC)COC(=O)CCCCCCCCCCCCCCCCCCCCCCCC. The van der Waals surface area contributed by atoms with Crippen LogP contribution in [0, 0.1) is 0 Å². The second-order valence-corrected chi connectivity index (χ2v) is 20.9. The van der Waals surface area contributed by atoms with Crippen LogP contribution in [0.1, 0.15) is 316 Å². The molecule has 0 aromatic heterocycles. The molecule has 0 aromatic carbocycles. The fourth-order valence-electron chi connectivity index (χ4n) is 8.98. The summed E-state index contributed by atoms with van der Waals surface area (Å²) in [6.45, 7) is 6.50. The highest BCUT2D eigenvalue weighted by Gasteiger charge is 2.19. The van der Waals surface area contributed by atoms with E-state index in [1.165, 1.54) is 161 Å². The maximum absolute atomic E-state index is 12.9. The van der Waals surface area contributed by atoms with E-state index >= 15 is 0 Å². The van der Waals surface area contributed by atoms with E-state index in [1.807, 2.05) is 0 Å². The number of carbonyl (C=O) groups excluding carboxylic acids is 3. The fraction of sp³-hybridized carbons (Fsp3) is 0.776. The zero-order valence-corrected chi connectivity index (χ0v) is 48.4. The number of ether oxygens (including phenoxy) is 3. The summed E-state index contributed by atoms with van der Waals surface area (Å²) in [7, 11) is 0. The molecule has 422 valence electrons. The van der Waals surface area contributed by atoms with Gasteiger partial charge in [0.1, 0.15) is 13.2 Å². The Kier molecular flexibility index (Phi) is 58.7. The van der Waals surface area contributed by atoms with Gasteiger partial charge in [-0.25, -0.2) is 0 Å². The van der Waals surface area contributed by atoms with Crippen LogP contribution in [0.15, 0.2) is 72.9 Å². The molecule has 0 aliphatic rings. The number of esters is 3. The largest absolute Gasteiger partial charge is 0.462 e. The first-order valence-electron chi connectivity index (χ1n) is 31.4. The van der Waals surface area contributed by atoms with Gasteiger partial charge in [0.2, 0.25) is 0 Å². The van der Waals surface area contributed by atoms with Crippen molar-refractivity contribution in [2.75, 3.05) is 13.2 Å². The van der Waals surface area contributed by atoms with E-state index in [1.54, 1.807) is 0 Å². The molecule has 6 heteroatoms. The normalized spacial score (nSPS) is 12.5. The third-order valence-electron chi connectivity index (χ3n) is 13.7. The maximum Gasteiger partial charge on any atom is 0.306 e. The minimum absolute atomic E-state index is 0.0833. The molecule has 1 atom stereocenters. The molecule has 6 nitrogen and oxygen atoms in total. The van der Waals surface area contributed by atoms with Crippen molar-refractivity contribution >= 4 is 17.9 Å². The van der Waals surface area contributed by atoms with E-state index in [9.17, 15) is 14.4 Å². The van der Waals surface area contributed by atoms with Crippen LogP contribution >= 0.6 is 0 Å². The van der Waals surface area contributed by atoms with Gasteiger partial charge in [0.05, 0.1) is 0 Å². The smallest absolute Gasteiger partial charge is 0.306 e. The lowest BCUT2D eigenvalue weighted by Crippen LogP contribution is -2.30. The average Bonchev–Trinajstić information content (AvgIpc) is 3.39. The number of rotatable bonds is 57. The molecule has 0 saturated carbocycles.